The molecule has 1 aromatic carbocycles. The number of hydrogen-bond donors (Lipinski definition) is 2. The van der Waals surface area contributed by atoms with Crippen LogP contribution in [0, 0.1) is 0 Å². The maximum atomic E-state index is 12.3. The molecule has 0 saturated carbocycles. The topological polar surface area (TPSA) is 78.5 Å². The highest BCUT2D eigenvalue weighted by Crippen LogP contribution is 2.14. The largest absolute Gasteiger partial charge is 0.357 e. The second kappa shape index (κ2) is 9.05. The van der Waals surface area contributed by atoms with E-state index in [2.05, 4.69) is 10.6 Å². The maximum absolute atomic E-state index is 12.3. The molecule has 0 aliphatic carbocycles. The van der Waals surface area contributed by atoms with Crippen LogP contribution in [-0.2, 0) is 14.4 Å². The van der Waals surface area contributed by atoms with Crippen LogP contribution in [0.4, 0.5) is 0 Å². The van der Waals surface area contributed by atoms with Crippen LogP contribution in [0.3, 0.4) is 0 Å². The van der Waals surface area contributed by atoms with Gasteiger partial charge in [0.25, 0.3) is 0 Å². The zero-order chi connectivity index (χ0) is 17.4. The Morgan fingerprint density at radius 1 is 1.17 bits per heavy atom. The lowest BCUT2D eigenvalue weighted by Crippen LogP contribution is -2.41. The van der Waals surface area contributed by atoms with Crippen LogP contribution in [0.25, 0.3) is 0 Å². The number of carbonyl (C=O) groups excluding carboxylic acids is 3. The summed E-state index contributed by atoms with van der Waals surface area (Å²) in [6.45, 7) is 1.11. The van der Waals surface area contributed by atoms with Crippen molar-refractivity contribution in [1.82, 2.24) is 15.5 Å². The highest BCUT2D eigenvalue weighted by molar-refractivity contribution is 5.88. The van der Waals surface area contributed by atoms with Crippen molar-refractivity contribution in [2.24, 2.45) is 0 Å². The second-order valence-electron chi connectivity index (χ2n) is 5.97. The summed E-state index contributed by atoms with van der Waals surface area (Å²) in [6.07, 6.45) is 3.73. The number of likely N-dealkylation sites (tertiary alicyclic amines) is 1. The monoisotopic (exact) mass is 331 g/mol. The van der Waals surface area contributed by atoms with Gasteiger partial charge in [-0.25, -0.2) is 0 Å². The van der Waals surface area contributed by atoms with Crippen molar-refractivity contribution in [3.05, 3.63) is 35.9 Å². The van der Waals surface area contributed by atoms with E-state index in [1.165, 1.54) is 0 Å². The number of nitrogens with zero attached hydrogens (tertiary/aromatic N) is 1. The molecular weight excluding hydrogens is 306 g/mol. The third-order valence-electron chi connectivity index (χ3n) is 4.23. The quantitative estimate of drug-likeness (QED) is 0.827. The fraction of sp³-hybridized carbons (Fsp3) is 0.500. The van der Waals surface area contributed by atoms with Gasteiger partial charge in [-0.3, -0.25) is 14.4 Å². The molecule has 0 radical (unpaired) electrons. The molecule has 1 aromatic rings. The third kappa shape index (κ3) is 5.08. The van der Waals surface area contributed by atoms with Gasteiger partial charge in [0.2, 0.25) is 17.7 Å². The van der Waals surface area contributed by atoms with Crippen molar-refractivity contribution < 1.29 is 14.4 Å². The van der Waals surface area contributed by atoms with Crippen LogP contribution >= 0.6 is 0 Å². The lowest BCUT2D eigenvalue weighted by Gasteiger charge is -2.22. The molecule has 24 heavy (non-hydrogen) atoms. The predicted molar refractivity (Wildman–Crippen MR) is 91.1 cm³/mol. The highest BCUT2D eigenvalue weighted by atomic mass is 16.2. The molecule has 1 atom stereocenters. The molecule has 1 aliphatic heterocycles. The molecule has 1 heterocycles. The van der Waals surface area contributed by atoms with Gasteiger partial charge in [0.15, 0.2) is 0 Å². The third-order valence-corrected chi connectivity index (χ3v) is 4.23. The summed E-state index contributed by atoms with van der Waals surface area (Å²) in [5.74, 6) is -0.379. The van der Waals surface area contributed by atoms with Crippen LogP contribution in [0.1, 0.15) is 43.7 Å². The van der Waals surface area contributed by atoms with E-state index in [-0.39, 0.29) is 24.1 Å². The Morgan fingerprint density at radius 2 is 1.92 bits per heavy atom. The molecule has 6 nitrogen and oxygen atoms in total. The van der Waals surface area contributed by atoms with Gasteiger partial charge in [0.05, 0.1) is 0 Å². The second-order valence-corrected chi connectivity index (χ2v) is 5.97. The zero-order valence-corrected chi connectivity index (χ0v) is 14.1. The van der Waals surface area contributed by atoms with Crippen molar-refractivity contribution in [3.8, 4) is 0 Å². The normalized spacial score (nSPS) is 16.2. The molecule has 6 heteroatoms. The first-order chi connectivity index (χ1) is 11.6. The summed E-state index contributed by atoms with van der Waals surface area (Å²) < 4.78 is 0. The smallest absolute Gasteiger partial charge is 0.246 e. The van der Waals surface area contributed by atoms with Gasteiger partial charge in [0.1, 0.15) is 6.04 Å². The van der Waals surface area contributed by atoms with Crippen LogP contribution in [0.2, 0.25) is 0 Å². The van der Waals surface area contributed by atoms with Crippen LogP contribution in [-0.4, -0.2) is 42.8 Å². The van der Waals surface area contributed by atoms with E-state index in [1.54, 1.807) is 24.1 Å². The number of likely N-dealkylation sites (N-methyl/N-ethyl adjacent to an activating group) is 1. The number of rotatable bonds is 6. The minimum absolute atomic E-state index is 0.117. The summed E-state index contributed by atoms with van der Waals surface area (Å²) >= 11 is 0. The lowest BCUT2D eigenvalue weighted by molar-refractivity contribution is -0.132. The van der Waals surface area contributed by atoms with Crippen LogP contribution in [0.15, 0.2) is 30.3 Å². The zero-order valence-electron chi connectivity index (χ0n) is 14.1. The first kappa shape index (κ1) is 18.0. The fourth-order valence-corrected chi connectivity index (χ4v) is 2.83. The average Bonchev–Trinajstić information content (AvgIpc) is 2.82. The van der Waals surface area contributed by atoms with E-state index >= 15 is 0 Å². The molecule has 2 rings (SSSR count). The van der Waals surface area contributed by atoms with Gasteiger partial charge < -0.3 is 15.5 Å². The molecule has 130 valence electrons. The Labute approximate surface area is 142 Å². The SMILES string of the molecule is CNC(=O)[C@@H](NC(=O)CCN1CCCCCC1=O)c1ccccc1. The van der Waals surface area contributed by atoms with Crippen molar-refractivity contribution in [1.29, 1.82) is 0 Å². The van der Waals surface area contributed by atoms with E-state index in [0.717, 1.165) is 24.8 Å². The predicted octanol–water partition coefficient (Wildman–Crippen LogP) is 1.38. The van der Waals surface area contributed by atoms with E-state index in [4.69, 9.17) is 0 Å². The maximum Gasteiger partial charge on any atom is 0.246 e. The summed E-state index contributed by atoms with van der Waals surface area (Å²) in [5.41, 5.74) is 0.732. The Bertz CT molecular complexity index is 574. The summed E-state index contributed by atoms with van der Waals surface area (Å²) in [7, 11) is 1.54. The average molecular weight is 331 g/mol. The Kier molecular flexibility index (Phi) is 6.78. The van der Waals surface area contributed by atoms with Gasteiger partial charge in [0, 0.05) is 33.0 Å². The van der Waals surface area contributed by atoms with Gasteiger partial charge in [-0.2, -0.15) is 0 Å². The molecule has 0 unspecified atom stereocenters. The minimum atomic E-state index is -0.719. The molecule has 1 fully saturated rings. The summed E-state index contributed by atoms with van der Waals surface area (Å²) in [6, 6.07) is 8.40. The molecule has 1 saturated heterocycles. The fourth-order valence-electron chi connectivity index (χ4n) is 2.83. The number of amides is 3. The first-order valence-electron chi connectivity index (χ1n) is 8.45. The first-order valence-corrected chi connectivity index (χ1v) is 8.45. The van der Waals surface area contributed by atoms with Crippen molar-refractivity contribution in [2.75, 3.05) is 20.1 Å². The van der Waals surface area contributed by atoms with Crippen molar-refractivity contribution in [3.63, 3.8) is 0 Å². The molecule has 3 amide bonds. The molecular formula is C18H25N3O3. The van der Waals surface area contributed by atoms with Crippen LogP contribution < -0.4 is 10.6 Å². The van der Waals surface area contributed by atoms with Crippen molar-refractivity contribution >= 4 is 17.7 Å². The Balaban J connectivity index is 1.93. The van der Waals surface area contributed by atoms with E-state index < -0.39 is 6.04 Å². The van der Waals surface area contributed by atoms with Gasteiger partial charge in [-0.05, 0) is 18.4 Å². The molecule has 1 aliphatic rings. The molecule has 0 bridgehead atoms. The number of benzene rings is 1. The summed E-state index contributed by atoms with van der Waals surface area (Å²) in [5, 5.41) is 5.34. The van der Waals surface area contributed by atoms with Gasteiger partial charge in [-0.15, -0.1) is 0 Å². The molecule has 0 spiro atoms. The Morgan fingerprint density at radius 3 is 2.62 bits per heavy atom. The summed E-state index contributed by atoms with van der Waals surface area (Å²) in [4.78, 5) is 38.0. The van der Waals surface area contributed by atoms with E-state index in [0.29, 0.717) is 19.5 Å². The number of hydrogen-bond acceptors (Lipinski definition) is 3. The minimum Gasteiger partial charge on any atom is -0.357 e. The van der Waals surface area contributed by atoms with Crippen molar-refractivity contribution in [2.45, 2.75) is 38.1 Å². The van der Waals surface area contributed by atoms with E-state index in [1.807, 2.05) is 18.2 Å². The van der Waals surface area contributed by atoms with Gasteiger partial charge in [-0.1, -0.05) is 36.8 Å². The lowest BCUT2D eigenvalue weighted by atomic mass is 10.1. The van der Waals surface area contributed by atoms with Crippen LogP contribution in [0.5, 0.6) is 0 Å². The molecule has 2 N–H and O–H groups in total. The van der Waals surface area contributed by atoms with Gasteiger partial charge >= 0.3 is 0 Å². The van der Waals surface area contributed by atoms with E-state index in [9.17, 15) is 14.4 Å². The molecule has 0 aromatic heterocycles. The Hall–Kier alpha value is -2.37. The number of nitrogens with one attached hydrogen (secondary N) is 2. The standard InChI is InChI=1S/C18H25N3O3/c1-19-18(24)17(14-8-4-2-5-9-14)20-15(22)11-13-21-12-7-3-6-10-16(21)23/h2,4-5,8-9,17H,3,6-7,10-13H2,1H3,(H,19,24)(H,20,22)/t17-/m0/s1. The highest BCUT2D eigenvalue weighted by Gasteiger charge is 2.22. The number of carbonyl (C=O) groups is 3.